The van der Waals surface area contributed by atoms with E-state index < -0.39 is 0 Å². The Morgan fingerprint density at radius 2 is 1.27 bits per heavy atom. The van der Waals surface area contributed by atoms with Crippen molar-refractivity contribution in [1.29, 1.82) is 10.5 Å². The maximum absolute atomic E-state index is 12.2. The fraction of sp³-hybridized carbons (Fsp3) is 0.533. The van der Waals surface area contributed by atoms with Crippen molar-refractivity contribution in [3.05, 3.63) is 65.5 Å². The number of halogens is 1. The lowest BCUT2D eigenvalue weighted by Crippen LogP contribution is -2.43. The first-order valence-electron chi connectivity index (χ1n) is 13.3. The maximum Gasteiger partial charge on any atom is 0.124 e. The van der Waals surface area contributed by atoms with E-state index in [4.69, 9.17) is 15.3 Å². The number of aliphatic hydroxyl groups is 1. The van der Waals surface area contributed by atoms with E-state index in [-0.39, 0.29) is 11.9 Å². The van der Waals surface area contributed by atoms with Crippen LogP contribution in [0.25, 0.3) is 0 Å². The van der Waals surface area contributed by atoms with Crippen LogP contribution in [0.5, 0.6) is 5.75 Å². The zero-order chi connectivity index (χ0) is 26.4. The van der Waals surface area contributed by atoms with Crippen LogP contribution in [0.4, 0.5) is 4.39 Å². The highest BCUT2D eigenvalue weighted by Crippen LogP contribution is 2.36. The molecule has 4 heterocycles. The Labute approximate surface area is 219 Å². The van der Waals surface area contributed by atoms with Crippen molar-refractivity contribution in [2.45, 2.75) is 87.7 Å². The van der Waals surface area contributed by atoms with E-state index in [2.05, 4.69) is 30.0 Å². The van der Waals surface area contributed by atoms with Crippen molar-refractivity contribution >= 4 is 0 Å². The molecule has 0 amide bonds. The summed E-state index contributed by atoms with van der Waals surface area (Å²) in [6, 6.07) is 19.8. The van der Waals surface area contributed by atoms with Crippen LogP contribution in [0.2, 0.25) is 0 Å². The molecule has 4 bridgehead atoms. The molecule has 4 fully saturated rings. The third-order valence-electron chi connectivity index (χ3n) is 8.35. The van der Waals surface area contributed by atoms with Crippen molar-refractivity contribution in [1.82, 2.24) is 9.80 Å². The molecule has 6 nitrogen and oxygen atoms in total. The van der Waals surface area contributed by atoms with Crippen molar-refractivity contribution < 1.29 is 14.2 Å². The monoisotopic (exact) mass is 504 g/mol. The molecule has 0 spiro atoms. The van der Waals surface area contributed by atoms with E-state index >= 15 is 0 Å². The SMILES string of the molecule is CN1[C@@H]2CC[C@H]1CC(O)C2.CN1[C@@H]2CC[C@H]1CC(Oc1cccc(C#N)c1)C2.N#Cc1cccc(F)c1. The lowest BCUT2D eigenvalue weighted by molar-refractivity contribution is 0.0503. The van der Waals surface area contributed by atoms with Crippen LogP contribution in [-0.2, 0) is 0 Å². The Morgan fingerprint density at radius 1 is 0.784 bits per heavy atom. The lowest BCUT2D eigenvalue weighted by atomic mass is 10.0. The fourth-order valence-corrected chi connectivity index (χ4v) is 6.23. The van der Waals surface area contributed by atoms with Gasteiger partial charge in [0.1, 0.15) is 17.7 Å². The summed E-state index contributed by atoms with van der Waals surface area (Å²) in [6.07, 6.45) is 9.77. The summed E-state index contributed by atoms with van der Waals surface area (Å²) in [5.74, 6) is 0.469. The van der Waals surface area contributed by atoms with Gasteiger partial charge >= 0.3 is 0 Å². The summed E-state index contributed by atoms with van der Waals surface area (Å²) in [5, 5.41) is 26.5. The molecule has 4 saturated heterocycles. The van der Waals surface area contributed by atoms with E-state index in [0.29, 0.717) is 41.4 Å². The quantitative estimate of drug-likeness (QED) is 0.629. The molecule has 0 saturated carbocycles. The first-order valence-corrected chi connectivity index (χ1v) is 13.3. The van der Waals surface area contributed by atoms with Gasteiger partial charge in [-0.05, 0) is 102 Å². The molecule has 2 aromatic carbocycles. The Morgan fingerprint density at radius 3 is 1.76 bits per heavy atom. The Balaban J connectivity index is 0.000000143. The summed E-state index contributed by atoms with van der Waals surface area (Å²) in [7, 11) is 4.42. The van der Waals surface area contributed by atoms with Gasteiger partial charge in [0, 0.05) is 24.2 Å². The van der Waals surface area contributed by atoms with E-state index in [1.54, 1.807) is 6.07 Å². The van der Waals surface area contributed by atoms with Crippen molar-refractivity contribution in [2.24, 2.45) is 0 Å². The second-order valence-corrected chi connectivity index (χ2v) is 10.7. The summed E-state index contributed by atoms with van der Waals surface area (Å²) in [6.45, 7) is 0. The summed E-state index contributed by atoms with van der Waals surface area (Å²) >= 11 is 0. The first-order chi connectivity index (χ1) is 17.9. The third-order valence-corrected chi connectivity index (χ3v) is 8.35. The topological polar surface area (TPSA) is 83.5 Å². The van der Waals surface area contributed by atoms with Crippen LogP contribution in [0, 0.1) is 28.5 Å². The average Bonchev–Trinajstić information content (AvgIpc) is 3.22. The Hall–Kier alpha value is -2.97. The molecule has 4 aliphatic rings. The number of benzene rings is 2. The number of hydrogen-bond donors (Lipinski definition) is 1. The average molecular weight is 505 g/mol. The Kier molecular flexibility index (Phi) is 9.16. The van der Waals surface area contributed by atoms with E-state index in [9.17, 15) is 9.50 Å². The number of nitriles is 2. The van der Waals surface area contributed by atoms with Crippen LogP contribution in [-0.4, -0.2) is 65.4 Å². The molecule has 1 N–H and O–H groups in total. The van der Waals surface area contributed by atoms with Gasteiger partial charge < -0.3 is 19.6 Å². The molecule has 0 aliphatic carbocycles. The van der Waals surface area contributed by atoms with Crippen LogP contribution >= 0.6 is 0 Å². The Bertz CT molecular complexity index is 1100. The van der Waals surface area contributed by atoms with Crippen molar-refractivity contribution in [3.8, 4) is 17.9 Å². The van der Waals surface area contributed by atoms with Gasteiger partial charge in [-0.15, -0.1) is 0 Å². The van der Waals surface area contributed by atoms with E-state index in [1.165, 1.54) is 43.9 Å². The molecule has 6 rings (SSSR count). The minimum atomic E-state index is -0.367. The normalized spacial score (nSPS) is 30.1. The molecule has 7 heteroatoms. The van der Waals surface area contributed by atoms with Gasteiger partial charge in [0.25, 0.3) is 0 Å². The smallest absolute Gasteiger partial charge is 0.124 e. The predicted octanol–water partition coefficient (Wildman–Crippen LogP) is 4.86. The maximum atomic E-state index is 12.2. The van der Waals surface area contributed by atoms with Crippen molar-refractivity contribution in [3.63, 3.8) is 0 Å². The van der Waals surface area contributed by atoms with Gasteiger partial charge in [0.2, 0.25) is 0 Å². The number of piperidine rings is 2. The highest BCUT2D eigenvalue weighted by Gasteiger charge is 2.39. The number of hydrogen-bond acceptors (Lipinski definition) is 6. The molecule has 0 aromatic heterocycles. The summed E-state index contributed by atoms with van der Waals surface area (Å²) in [4.78, 5) is 4.94. The zero-order valence-corrected chi connectivity index (χ0v) is 21.8. The highest BCUT2D eigenvalue weighted by atomic mass is 19.1. The van der Waals surface area contributed by atoms with Gasteiger partial charge in [0.05, 0.1) is 29.4 Å². The van der Waals surface area contributed by atoms with Crippen LogP contribution in [0.1, 0.15) is 62.5 Å². The number of rotatable bonds is 2. The largest absolute Gasteiger partial charge is 0.490 e. The predicted molar refractivity (Wildman–Crippen MR) is 140 cm³/mol. The van der Waals surface area contributed by atoms with Gasteiger partial charge in [0.15, 0.2) is 0 Å². The highest BCUT2D eigenvalue weighted by molar-refractivity contribution is 5.36. The van der Waals surface area contributed by atoms with E-state index in [1.807, 2.05) is 30.3 Å². The van der Waals surface area contributed by atoms with Crippen LogP contribution in [0.3, 0.4) is 0 Å². The number of fused-ring (bicyclic) bond motifs is 4. The second kappa shape index (κ2) is 12.5. The number of aliphatic hydroxyl groups excluding tert-OH is 1. The minimum Gasteiger partial charge on any atom is -0.490 e. The van der Waals surface area contributed by atoms with Crippen molar-refractivity contribution in [2.75, 3.05) is 14.1 Å². The van der Waals surface area contributed by atoms with Crippen LogP contribution in [0.15, 0.2) is 48.5 Å². The fourth-order valence-electron chi connectivity index (χ4n) is 6.23. The second-order valence-electron chi connectivity index (χ2n) is 10.7. The molecule has 6 atom stereocenters. The summed E-state index contributed by atoms with van der Waals surface area (Å²) < 4.78 is 18.3. The zero-order valence-electron chi connectivity index (χ0n) is 21.8. The molecule has 0 radical (unpaired) electrons. The summed E-state index contributed by atoms with van der Waals surface area (Å²) in [5.41, 5.74) is 1.03. The number of ether oxygens (including phenoxy) is 1. The first kappa shape index (κ1) is 27.1. The molecular weight excluding hydrogens is 467 g/mol. The minimum absolute atomic E-state index is 0.00583. The molecule has 2 aromatic rings. The number of nitrogens with zero attached hydrogens (tertiary/aromatic N) is 4. The molecule has 4 aliphatic heterocycles. The van der Waals surface area contributed by atoms with Gasteiger partial charge in [-0.2, -0.15) is 10.5 Å². The molecule has 37 heavy (non-hydrogen) atoms. The van der Waals surface area contributed by atoms with E-state index in [0.717, 1.165) is 31.4 Å². The standard InChI is InChI=1S/C15H18N2O.C8H15NO.C7H4FN/c1-17-12-5-6-13(17)9-15(8-12)18-14-4-2-3-11(7-14)10-16;1-9-6-2-3-7(9)5-8(10)4-6;8-7-3-1-2-6(4-7)5-9/h2-4,7,12-13,15H,5-6,8-9H2,1H3;6-8,10H,2-5H2,1H3;1-4H/t12-,13+,15?;6-,7+,8?;. The van der Waals surface area contributed by atoms with Gasteiger partial charge in [-0.25, -0.2) is 4.39 Å². The van der Waals surface area contributed by atoms with Crippen LogP contribution < -0.4 is 4.74 Å². The third kappa shape index (κ3) is 7.08. The molecule has 196 valence electrons. The lowest BCUT2D eigenvalue weighted by Gasteiger charge is -2.36. The molecular formula is C30H37FN4O2. The van der Waals surface area contributed by atoms with Gasteiger partial charge in [-0.3, -0.25) is 0 Å². The van der Waals surface area contributed by atoms with Gasteiger partial charge in [-0.1, -0.05) is 12.1 Å². The molecule has 2 unspecified atom stereocenters.